The Balaban J connectivity index is 2.17. The van der Waals surface area contributed by atoms with Crippen molar-refractivity contribution in [2.24, 2.45) is 11.1 Å². The van der Waals surface area contributed by atoms with E-state index in [4.69, 9.17) is 5.14 Å². The van der Waals surface area contributed by atoms with E-state index in [-0.39, 0.29) is 5.75 Å². The average Bonchev–Trinajstić information content (AvgIpc) is 2.53. The SMILES string of the molecule is CC(NCCS(N)(=O)=O)C1CCCC1. The predicted molar refractivity (Wildman–Crippen MR) is 57.4 cm³/mol. The summed E-state index contributed by atoms with van der Waals surface area (Å²) in [5, 5.41) is 8.13. The van der Waals surface area contributed by atoms with E-state index in [1.807, 2.05) is 0 Å². The number of nitrogens with one attached hydrogen (secondary N) is 1. The lowest BCUT2D eigenvalue weighted by molar-refractivity contribution is 0.389. The lowest BCUT2D eigenvalue weighted by Crippen LogP contribution is -2.36. The number of rotatable bonds is 5. The lowest BCUT2D eigenvalue weighted by atomic mass is 10.00. The van der Waals surface area contributed by atoms with Gasteiger partial charge in [0.15, 0.2) is 0 Å². The van der Waals surface area contributed by atoms with Crippen LogP contribution < -0.4 is 10.5 Å². The summed E-state index contributed by atoms with van der Waals surface area (Å²) >= 11 is 0. The molecular weight excluding hydrogens is 200 g/mol. The monoisotopic (exact) mass is 220 g/mol. The molecule has 0 aliphatic heterocycles. The maximum Gasteiger partial charge on any atom is 0.210 e. The highest BCUT2D eigenvalue weighted by molar-refractivity contribution is 7.89. The Hall–Kier alpha value is -0.130. The number of nitrogens with two attached hydrogens (primary N) is 1. The first-order valence-electron chi connectivity index (χ1n) is 5.23. The van der Waals surface area contributed by atoms with Gasteiger partial charge in [0.25, 0.3) is 0 Å². The Morgan fingerprint density at radius 1 is 1.43 bits per heavy atom. The van der Waals surface area contributed by atoms with Crippen molar-refractivity contribution in [3.8, 4) is 0 Å². The summed E-state index contributed by atoms with van der Waals surface area (Å²) in [7, 11) is -3.31. The van der Waals surface area contributed by atoms with Crippen molar-refractivity contribution in [1.82, 2.24) is 5.32 Å². The average molecular weight is 220 g/mol. The molecule has 0 heterocycles. The van der Waals surface area contributed by atoms with E-state index in [9.17, 15) is 8.42 Å². The van der Waals surface area contributed by atoms with Crippen LogP contribution in [0.15, 0.2) is 0 Å². The molecule has 4 nitrogen and oxygen atoms in total. The lowest BCUT2D eigenvalue weighted by Gasteiger charge is -2.19. The second-order valence-corrected chi connectivity index (χ2v) is 5.89. The normalized spacial score (nSPS) is 21.3. The first-order chi connectivity index (χ1) is 6.49. The highest BCUT2D eigenvalue weighted by Crippen LogP contribution is 2.27. The Kier molecular flexibility index (Phi) is 4.34. The summed E-state index contributed by atoms with van der Waals surface area (Å²) in [4.78, 5) is 0. The third-order valence-electron chi connectivity index (χ3n) is 2.96. The molecule has 0 bridgehead atoms. The summed E-state index contributed by atoms with van der Waals surface area (Å²) in [6, 6.07) is 0.416. The van der Waals surface area contributed by atoms with Crippen LogP contribution in [0.2, 0.25) is 0 Å². The summed E-state index contributed by atoms with van der Waals surface area (Å²) < 4.78 is 21.3. The van der Waals surface area contributed by atoms with Crippen molar-refractivity contribution in [2.75, 3.05) is 12.3 Å². The van der Waals surface area contributed by atoms with E-state index in [2.05, 4.69) is 12.2 Å². The molecule has 1 aliphatic rings. The summed E-state index contributed by atoms with van der Waals surface area (Å²) in [5.41, 5.74) is 0. The van der Waals surface area contributed by atoms with Gasteiger partial charge in [-0.15, -0.1) is 0 Å². The Bertz CT molecular complexity index is 258. The third-order valence-corrected chi connectivity index (χ3v) is 3.73. The number of hydrogen-bond donors (Lipinski definition) is 2. The molecule has 0 aromatic carbocycles. The molecule has 1 aliphatic carbocycles. The largest absolute Gasteiger partial charge is 0.313 e. The number of hydrogen-bond acceptors (Lipinski definition) is 3. The van der Waals surface area contributed by atoms with Gasteiger partial charge in [0.05, 0.1) is 5.75 Å². The third kappa shape index (κ3) is 4.39. The van der Waals surface area contributed by atoms with E-state index in [1.165, 1.54) is 25.7 Å². The van der Waals surface area contributed by atoms with E-state index in [1.54, 1.807) is 0 Å². The second kappa shape index (κ2) is 5.09. The van der Waals surface area contributed by atoms with Crippen LogP contribution >= 0.6 is 0 Å². The quantitative estimate of drug-likeness (QED) is 0.706. The molecule has 84 valence electrons. The van der Waals surface area contributed by atoms with E-state index in [0.717, 1.165) is 5.92 Å². The minimum Gasteiger partial charge on any atom is -0.313 e. The van der Waals surface area contributed by atoms with Gasteiger partial charge in [-0.25, -0.2) is 13.6 Å². The van der Waals surface area contributed by atoms with Gasteiger partial charge in [0.1, 0.15) is 0 Å². The first-order valence-corrected chi connectivity index (χ1v) is 6.94. The van der Waals surface area contributed by atoms with Gasteiger partial charge in [-0.05, 0) is 25.7 Å². The van der Waals surface area contributed by atoms with Gasteiger partial charge in [0.2, 0.25) is 10.0 Å². The van der Waals surface area contributed by atoms with Crippen molar-refractivity contribution >= 4 is 10.0 Å². The number of primary sulfonamides is 1. The predicted octanol–water partition coefficient (Wildman–Crippen LogP) is 0.443. The van der Waals surface area contributed by atoms with Gasteiger partial charge >= 0.3 is 0 Å². The Labute approximate surface area is 86.3 Å². The summed E-state index contributed by atoms with van der Waals surface area (Å²) in [6.45, 7) is 2.59. The molecule has 14 heavy (non-hydrogen) atoms. The van der Waals surface area contributed by atoms with Gasteiger partial charge in [0, 0.05) is 12.6 Å². The molecule has 1 atom stereocenters. The highest BCUT2D eigenvalue weighted by Gasteiger charge is 2.20. The molecule has 1 fully saturated rings. The fourth-order valence-electron chi connectivity index (χ4n) is 2.05. The van der Waals surface area contributed by atoms with Crippen molar-refractivity contribution in [3.05, 3.63) is 0 Å². The first kappa shape index (κ1) is 11.9. The zero-order chi connectivity index (χ0) is 10.6. The summed E-state index contributed by atoms with van der Waals surface area (Å²) in [6.07, 6.45) is 5.16. The standard InChI is InChI=1S/C9H20N2O2S/c1-8(9-4-2-3-5-9)11-6-7-14(10,12)13/h8-9,11H,2-7H2,1H3,(H2,10,12,13). The zero-order valence-corrected chi connectivity index (χ0v) is 9.52. The molecule has 0 saturated heterocycles. The van der Waals surface area contributed by atoms with Crippen LogP contribution in [-0.2, 0) is 10.0 Å². The Morgan fingerprint density at radius 2 is 2.00 bits per heavy atom. The van der Waals surface area contributed by atoms with Crippen molar-refractivity contribution in [1.29, 1.82) is 0 Å². The van der Waals surface area contributed by atoms with Gasteiger partial charge in [-0.3, -0.25) is 0 Å². The number of sulfonamides is 1. The summed E-state index contributed by atoms with van der Waals surface area (Å²) in [5.74, 6) is 0.750. The topological polar surface area (TPSA) is 72.2 Å². The van der Waals surface area contributed by atoms with Crippen LogP contribution in [0.1, 0.15) is 32.6 Å². The van der Waals surface area contributed by atoms with E-state index in [0.29, 0.717) is 12.6 Å². The van der Waals surface area contributed by atoms with Crippen LogP contribution in [0.5, 0.6) is 0 Å². The van der Waals surface area contributed by atoms with Crippen molar-refractivity contribution in [3.63, 3.8) is 0 Å². The minimum atomic E-state index is -3.31. The smallest absolute Gasteiger partial charge is 0.210 e. The zero-order valence-electron chi connectivity index (χ0n) is 8.70. The molecular formula is C9H20N2O2S. The molecule has 3 N–H and O–H groups in total. The highest BCUT2D eigenvalue weighted by atomic mass is 32.2. The second-order valence-electron chi connectivity index (χ2n) is 4.15. The van der Waals surface area contributed by atoms with E-state index < -0.39 is 10.0 Å². The minimum absolute atomic E-state index is 0.0318. The molecule has 1 rings (SSSR count). The van der Waals surface area contributed by atoms with Crippen LogP contribution in [0, 0.1) is 5.92 Å². The van der Waals surface area contributed by atoms with Gasteiger partial charge in [-0.1, -0.05) is 12.8 Å². The molecule has 5 heteroatoms. The van der Waals surface area contributed by atoms with Crippen LogP contribution in [0.4, 0.5) is 0 Å². The van der Waals surface area contributed by atoms with Gasteiger partial charge in [-0.2, -0.15) is 0 Å². The maximum absolute atomic E-state index is 10.7. The van der Waals surface area contributed by atoms with Crippen molar-refractivity contribution in [2.45, 2.75) is 38.6 Å². The van der Waals surface area contributed by atoms with E-state index >= 15 is 0 Å². The Morgan fingerprint density at radius 3 is 2.50 bits per heavy atom. The fourth-order valence-corrected chi connectivity index (χ4v) is 2.46. The molecule has 0 spiro atoms. The molecule has 0 radical (unpaired) electrons. The molecule has 0 aromatic rings. The maximum atomic E-state index is 10.7. The van der Waals surface area contributed by atoms with Crippen LogP contribution in [0.25, 0.3) is 0 Å². The van der Waals surface area contributed by atoms with Gasteiger partial charge < -0.3 is 5.32 Å². The fraction of sp³-hybridized carbons (Fsp3) is 1.00. The van der Waals surface area contributed by atoms with Crippen LogP contribution in [-0.4, -0.2) is 26.8 Å². The molecule has 0 amide bonds. The molecule has 1 saturated carbocycles. The molecule has 1 unspecified atom stereocenters. The van der Waals surface area contributed by atoms with Crippen LogP contribution in [0.3, 0.4) is 0 Å². The van der Waals surface area contributed by atoms with Crippen molar-refractivity contribution < 1.29 is 8.42 Å². The molecule has 0 aromatic heterocycles.